The molecule has 0 saturated heterocycles. The molecule has 3 rings (SSSR count). The van der Waals surface area contributed by atoms with Gasteiger partial charge in [-0.25, -0.2) is 18.0 Å². The Hall–Kier alpha value is -2.91. The molecule has 160 valence electrons. The first-order chi connectivity index (χ1) is 14.2. The van der Waals surface area contributed by atoms with Crippen molar-refractivity contribution in [2.24, 2.45) is 0 Å². The maximum absolute atomic E-state index is 14.3. The number of nitrogens with one attached hydrogen (secondary N) is 1. The second-order valence-electron chi connectivity index (χ2n) is 7.12. The Kier molecular flexibility index (Phi) is 6.42. The van der Waals surface area contributed by atoms with Crippen LogP contribution in [0.25, 0.3) is 5.57 Å². The summed E-state index contributed by atoms with van der Waals surface area (Å²) in [5, 5.41) is 21.2. The zero-order valence-corrected chi connectivity index (χ0v) is 16.3. The molecule has 0 saturated carbocycles. The highest BCUT2D eigenvalue weighted by molar-refractivity contribution is 5.90. The van der Waals surface area contributed by atoms with Crippen LogP contribution in [0.4, 0.5) is 23.7 Å². The maximum Gasteiger partial charge on any atom is 0.322 e. The number of hydrogen-bond acceptors (Lipinski definition) is 4. The minimum Gasteiger partial charge on any atom is -0.393 e. The predicted octanol–water partition coefficient (Wildman–Crippen LogP) is 3.68. The number of urea groups is 1. The van der Waals surface area contributed by atoms with E-state index in [1.54, 1.807) is 6.08 Å². The lowest BCUT2D eigenvalue weighted by Gasteiger charge is -2.27. The van der Waals surface area contributed by atoms with Gasteiger partial charge in [-0.1, -0.05) is 18.2 Å². The molecule has 2 amide bonds. The smallest absolute Gasteiger partial charge is 0.322 e. The Morgan fingerprint density at radius 1 is 1.33 bits per heavy atom. The van der Waals surface area contributed by atoms with E-state index >= 15 is 0 Å². The number of alkyl halides is 2. The minimum absolute atomic E-state index is 0.139. The van der Waals surface area contributed by atoms with Gasteiger partial charge in [-0.3, -0.25) is 4.98 Å². The van der Waals surface area contributed by atoms with Crippen molar-refractivity contribution in [3.8, 4) is 0 Å². The van der Waals surface area contributed by atoms with Gasteiger partial charge >= 0.3 is 6.03 Å². The van der Waals surface area contributed by atoms with Crippen LogP contribution in [0.2, 0.25) is 0 Å². The van der Waals surface area contributed by atoms with E-state index in [-0.39, 0.29) is 23.4 Å². The van der Waals surface area contributed by atoms with Crippen molar-refractivity contribution in [1.82, 2.24) is 9.88 Å². The molecule has 0 bridgehead atoms. The van der Waals surface area contributed by atoms with Gasteiger partial charge in [0, 0.05) is 43.0 Å². The number of halogens is 3. The fourth-order valence-electron chi connectivity index (χ4n) is 3.09. The van der Waals surface area contributed by atoms with Crippen molar-refractivity contribution in [2.75, 3.05) is 25.0 Å². The van der Waals surface area contributed by atoms with Gasteiger partial charge in [0.2, 0.25) is 0 Å². The molecule has 2 aromatic rings. The summed E-state index contributed by atoms with van der Waals surface area (Å²) in [6.07, 6.45) is 2.18. The molecule has 2 heterocycles. The summed E-state index contributed by atoms with van der Waals surface area (Å²) >= 11 is 0. The molecule has 1 aromatic carbocycles. The molecule has 1 aromatic heterocycles. The summed E-state index contributed by atoms with van der Waals surface area (Å²) in [7, 11) is 0. The highest BCUT2D eigenvalue weighted by Crippen LogP contribution is 2.28. The number of benzene rings is 1. The fourth-order valence-corrected chi connectivity index (χ4v) is 3.09. The van der Waals surface area contributed by atoms with Crippen molar-refractivity contribution < 1.29 is 28.2 Å². The van der Waals surface area contributed by atoms with Crippen LogP contribution in [0, 0.1) is 5.82 Å². The highest BCUT2D eigenvalue weighted by Gasteiger charge is 2.24. The Bertz CT molecular complexity index is 943. The van der Waals surface area contributed by atoms with E-state index in [4.69, 9.17) is 5.11 Å². The van der Waals surface area contributed by atoms with Crippen molar-refractivity contribution in [2.45, 2.75) is 25.4 Å². The molecular formula is C21H22F3N3O3. The number of amides is 2. The lowest BCUT2D eigenvalue weighted by atomic mass is 10.0. The lowest BCUT2D eigenvalue weighted by Crippen LogP contribution is -2.38. The van der Waals surface area contributed by atoms with Gasteiger partial charge in [-0.15, -0.1) is 0 Å². The van der Waals surface area contributed by atoms with Gasteiger partial charge in [-0.05, 0) is 30.2 Å². The van der Waals surface area contributed by atoms with Crippen molar-refractivity contribution in [1.29, 1.82) is 0 Å². The maximum atomic E-state index is 14.3. The number of pyridine rings is 1. The highest BCUT2D eigenvalue weighted by atomic mass is 19.3. The number of carbonyl (C=O) groups is 1. The van der Waals surface area contributed by atoms with Gasteiger partial charge in [0.05, 0.1) is 6.61 Å². The van der Waals surface area contributed by atoms with Crippen LogP contribution < -0.4 is 5.32 Å². The van der Waals surface area contributed by atoms with Crippen LogP contribution in [0.15, 0.2) is 42.6 Å². The second kappa shape index (κ2) is 8.85. The quantitative estimate of drug-likeness (QED) is 0.688. The van der Waals surface area contributed by atoms with Crippen molar-refractivity contribution in [3.63, 3.8) is 0 Å². The molecule has 1 aliphatic rings. The molecule has 0 unspecified atom stereocenters. The topological polar surface area (TPSA) is 85.7 Å². The molecule has 1 atom stereocenters. The zero-order chi connectivity index (χ0) is 21.9. The average Bonchev–Trinajstić information content (AvgIpc) is 2.73. The largest absolute Gasteiger partial charge is 0.393 e. The molecule has 30 heavy (non-hydrogen) atoms. The first-order valence-corrected chi connectivity index (χ1v) is 9.37. The van der Waals surface area contributed by atoms with Crippen molar-refractivity contribution >= 4 is 17.3 Å². The molecule has 0 radical (unpaired) electrons. The standard InChI is InChI=1S/C21H22F3N3O3/c1-21(23,24)15-2-4-16(5-3-15)26-20(30)27-8-6-13(7-9-27)19-17(22)10-14(11-25-19)18(29)12-28/h2-6,10-11,18,28-29H,7-9,12H2,1H3,(H,26,30)/t18-/m1/s1. The average molecular weight is 421 g/mol. The number of aliphatic hydroxyl groups is 2. The number of hydrogen-bond donors (Lipinski definition) is 3. The van der Waals surface area contributed by atoms with E-state index in [0.717, 1.165) is 13.0 Å². The number of rotatable bonds is 5. The molecule has 0 aliphatic carbocycles. The number of anilines is 1. The van der Waals surface area contributed by atoms with E-state index < -0.39 is 30.5 Å². The SMILES string of the molecule is CC(F)(F)c1ccc(NC(=O)N2CC=C(c3ncc([C@H](O)CO)cc3F)CC2)cc1. The second-order valence-corrected chi connectivity index (χ2v) is 7.12. The third-order valence-electron chi connectivity index (χ3n) is 4.86. The molecule has 9 heteroatoms. The summed E-state index contributed by atoms with van der Waals surface area (Å²) < 4.78 is 40.9. The van der Waals surface area contributed by atoms with E-state index in [1.807, 2.05) is 0 Å². The number of carbonyl (C=O) groups excluding carboxylic acids is 1. The van der Waals surface area contributed by atoms with Crippen LogP contribution in [-0.4, -0.2) is 45.8 Å². The number of aromatic nitrogens is 1. The minimum atomic E-state index is -2.95. The number of aliphatic hydroxyl groups excluding tert-OH is 2. The van der Waals surface area contributed by atoms with Gasteiger partial charge < -0.3 is 20.4 Å². The van der Waals surface area contributed by atoms with E-state index in [9.17, 15) is 23.1 Å². The number of nitrogens with zero attached hydrogens (tertiary/aromatic N) is 2. The molecule has 1 aliphatic heterocycles. The van der Waals surface area contributed by atoms with E-state index in [1.165, 1.54) is 35.4 Å². The lowest BCUT2D eigenvalue weighted by molar-refractivity contribution is 0.0175. The van der Waals surface area contributed by atoms with Crippen LogP contribution >= 0.6 is 0 Å². The Morgan fingerprint density at radius 2 is 2.03 bits per heavy atom. The van der Waals surface area contributed by atoms with E-state index in [2.05, 4.69) is 10.3 Å². The zero-order valence-electron chi connectivity index (χ0n) is 16.3. The normalized spacial score (nSPS) is 15.5. The molecule has 0 fully saturated rings. The van der Waals surface area contributed by atoms with Crippen LogP contribution in [0.3, 0.4) is 0 Å². The third kappa shape index (κ3) is 4.98. The third-order valence-corrected chi connectivity index (χ3v) is 4.86. The Balaban J connectivity index is 1.63. The Morgan fingerprint density at radius 3 is 2.57 bits per heavy atom. The molecular weight excluding hydrogens is 399 g/mol. The molecule has 6 nitrogen and oxygen atoms in total. The van der Waals surface area contributed by atoms with Gasteiger partial charge in [0.1, 0.15) is 17.6 Å². The first-order valence-electron chi connectivity index (χ1n) is 9.37. The summed E-state index contributed by atoms with van der Waals surface area (Å²) in [6, 6.07) is 6.09. The predicted molar refractivity (Wildman–Crippen MR) is 105 cm³/mol. The summed E-state index contributed by atoms with van der Waals surface area (Å²) in [6.45, 7) is 0.828. The monoisotopic (exact) mass is 421 g/mol. The van der Waals surface area contributed by atoms with E-state index in [0.29, 0.717) is 24.2 Å². The summed E-state index contributed by atoms with van der Waals surface area (Å²) in [4.78, 5) is 18.0. The van der Waals surface area contributed by atoms with Crippen LogP contribution in [0.5, 0.6) is 0 Å². The fraction of sp³-hybridized carbons (Fsp3) is 0.333. The van der Waals surface area contributed by atoms with Crippen molar-refractivity contribution in [3.05, 3.63) is 65.2 Å². The van der Waals surface area contributed by atoms with Gasteiger partial charge in [0.25, 0.3) is 5.92 Å². The van der Waals surface area contributed by atoms with Crippen LogP contribution in [0.1, 0.15) is 36.3 Å². The summed E-state index contributed by atoms with van der Waals surface area (Å²) in [5.41, 5.74) is 1.21. The Labute approximate surface area is 171 Å². The van der Waals surface area contributed by atoms with Crippen LogP contribution in [-0.2, 0) is 5.92 Å². The summed E-state index contributed by atoms with van der Waals surface area (Å²) in [5.74, 6) is -3.56. The molecule has 3 N–H and O–H groups in total. The van der Waals surface area contributed by atoms with Gasteiger partial charge in [0.15, 0.2) is 0 Å². The van der Waals surface area contributed by atoms with Gasteiger partial charge in [-0.2, -0.15) is 0 Å². The molecule has 0 spiro atoms. The first kappa shape index (κ1) is 21.8.